The summed E-state index contributed by atoms with van der Waals surface area (Å²) < 4.78 is 22.4. The maximum absolute atomic E-state index is 12.7. The van der Waals surface area contributed by atoms with Gasteiger partial charge in [0.15, 0.2) is 23.0 Å². The SMILES string of the molecule is CCOc1ccc(CCNC(=O)c2noc3c2COc2ccccc2-3)cc1OCC. The van der Waals surface area contributed by atoms with E-state index in [1.54, 1.807) is 0 Å². The van der Waals surface area contributed by atoms with Crippen LogP contribution in [0.15, 0.2) is 47.0 Å². The van der Waals surface area contributed by atoms with E-state index in [0.29, 0.717) is 43.3 Å². The highest BCUT2D eigenvalue weighted by Gasteiger charge is 2.28. The van der Waals surface area contributed by atoms with Gasteiger partial charge in [-0.05, 0) is 50.1 Å². The van der Waals surface area contributed by atoms with E-state index in [-0.39, 0.29) is 18.2 Å². The number of carbonyl (C=O) groups excluding carboxylic acids is 1. The number of hydrogen-bond donors (Lipinski definition) is 1. The van der Waals surface area contributed by atoms with E-state index < -0.39 is 0 Å². The van der Waals surface area contributed by atoms with Crippen molar-refractivity contribution in [3.05, 3.63) is 59.3 Å². The van der Waals surface area contributed by atoms with Crippen LogP contribution in [-0.4, -0.2) is 30.8 Å². The number of fused-ring (bicyclic) bond motifs is 3. The molecule has 1 aromatic heterocycles. The van der Waals surface area contributed by atoms with Gasteiger partial charge in [-0.1, -0.05) is 23.4 Å². The van der Waals surface area contributed by atoms with Gasteiger partial charge in [-0.2, -0.15) is 0 Å². The monoisotopic (exact) mass is 408 g/mol. The Labute approximate surface area is 174 Å². The van der Waals surface area contributed by atoms with Gasteiger partial charge in [-0.25, -0.2) is 0 Å². The number of para-hydroxylation sites is 1. The highest BCUT2D eigenvalue weighted by molar-refractivity contribution is 5.95. The lowest BCUT2D eigenvalue weighted by Gasteiger charge is -2.16. The summed E-state index contributed by atoms with van der Waals surface area (Å²) in [4.78, 5) is 12.7. The molecule has 0 unspecified atom stereocenters. The maximum atomic E-state index is 12.7. The van der Waals surface area contributed by atoms with Crippen molar-refractivity contribution in [2.45, 2.75) is 26.9 Å². The molecular weight excluding hydrogens is 384 g/mol. The molecule has 0 aliphatic carbocycles. The molecule has 1 aliphatic rings. The van der Waals surface area contributed by atoms with Crippen LogP contribution in [0.3, 0.4) is 0 Å². The van der Waals surface area contributed by atoms with Crippen LogP contribution < -0.4 is 19.5 Å². The van der Waals surface area contributed by atoms with E-state index in [9.17, 15) is 4.79 Å². The van der Waals surface area contributed by atoms with Gasteiger partial charge >= 0.3 is 0 Å². The number of aromatic nitrogens is 1. The minimum atomic E-state index is -0.279. The van der Waals surface area contributed by atoms with Crippen LogP contribution >= 0.6 is 0 Å². The second kappa shape index (κ2) is 8.90. The highest BCUT2D eigenvalue weighted by Crippen LogP contribution is 2.38. The zero-order chi connectivity index (χ0) is 20.9. The number of nitrogens with one attached hydrogen (secondary N) is 1. The van der Waals surface area contributed by atoms with Crippen molar-refractivity contribution >= 4 is 5.91 Å². The fourth-order valence-electron chi connectivity index (χ4n) is 3.42. The number of hydrogen-bond acceptors (Lipinski definition) is 6. The molecule has 0 atom stereocenters. The average Bonchev–Trinajstić information content (AvgIpc) is 3.20. The first kappa shape index (κ1) is 19.8. The van der Waals surface area contributed by atoms with E-state index in [2.05, 4.69) is 10.5 Å². The number of rotatable bonds is 8. The summed E-state index contributed by atoms with van der Waals surface area (Å²) in [5.41, 5.74) is 2.79. The number of benzene rings is 2. The molecule has 0 fully saturated rings. The summed E-state index contributed by atoms with van der Waals surface area (Å²) in [5.74, 6) is 2.48. The quantitative estimate of drug-likeness (QED) is 0.607. The maximum Gasteiger partial charge on any atom is 0.273 e. The Hall–Kier alpha value is -3.48. The van der Waals surface area contributed by atoms with Gasteiger partial charge < -0.3 is 24.1 Å². The number of amides is 1. The zero-order valence-corrected chi connectivity index (χ0v) is 17.1. The first-order chi connectivity index (χ1) is 14.7. The Morgan fingerprint density at radius 2 is 1.90 bits per heavy atom. The molecule has 2 aromatic carbocycles. The van der Waals surface area contributed by atoms with Crippen LogP contribution in [0.4, 0.5) is 0 Å². The van der Waals surface area contributed by atoms with Gasteiger partial charge in [0, 0.05) is 6.54 Å². The van der Waals surface area contributed by atoms with Gasteiger partial charge in [-0.15, -0.1) is 0 Å². The second-order valence-electron chi connectivity index (χ2n) is 6.78. The van der Waals surface area contributed by atoms with Crippen LogP contribution in [0.25, 0.3) is 11.3 Å². The third-order valence-electron chi connectivity index (χ3n) is 4.81. The van der Waals surface area contributed by atoms with Crippen LogP contribution in [0.2, 0.25) is 0 Å². The van der Waals surface area contributed by atoms with Crippen molar-refractivity contribution in [3.8, 4) is 28.6 Å². The van der Waals surface area contributed by atoms with E-state index in [0.717, 1.165) is 22.6 Å². The molecule has 1 aliphatic heterocycles. The molecule has 1 amide bonds. The van der Waals surface area contributed by atoms with Crippen LogP contribution in [-0.2, 0) is 13.0 Å². The molecule has 2 heterocycles. The zero-order valence-electron chi connectivity index (χ0n) is 17.1. The van der Waals surface area contributed by atoms with Crippen LogP contribution in [0.5, 0.6) is 17.2 Å². The van der Waals surface area contributed by atoms with E-state index >= 15 is 0 Å². The predicted octanol–water partition coefficient (Wildman–Crippen LogP) is 4.00. The van der Waals surface area contributed by atoms with Gasteiger partial charge in [0.2, 0.25) is 0 Å². The summed E-state index contributed by atoms with van der Waals surface area (Å²) >= 11 is 0. The standard InChI is InChI=1S/C23H24N2O5/c1-3-27-19-10-9-15(13-20(19)28-4-2)11-12-24-23(26)21-17-14-29-18-8-6-5-7-16(18)22(17)30-25-21/h5-10,13H,3-4,11-12,14H2,1-2H3,(H,24,26). The second-order valence-corrected chi connectivity index (χ2v) is 6.78. The van der Waals surface area contributed by atoms with Crippen molar-refractivity contribution in [1.82, 2.24) is 10.5 Å². The Bertz CT molecular complexity index is 1040. The minimum absolute atomic E-state index is 0.259. The van der Waals surface area contributed by atoms with E-state index in [1.165, 1.54) is 0 Å². The summed E-state index contributed by atoms with van der Waals surface area (Å²) in [6, 6.07) is 13.4. The average molecular weight is 408 g/mol. The molecule has 0 radical (unpaired) electrons. The first-order valence-electron chi connectivity index (χ1n) is 10.1. The molecule has 0 bridgehead atoms. The van der Waals surface area contributed by atoms with Crippen molar-refractivity contribution in [2.24, 2.45) is 0 Å². The molecule has 1 N–H and O–H groups in total. The Morgan fingerprint density at radius 1 is 1.10 bits per heavy atom. The molecule has 7 heteroatoms. The van der Waals surface area contributed by atoms with Crippen molar-refractivity contribution in [1.29, 1.82) is 0 Å². The Kier molecular flexibility index (Phi) is 5.88. The molecular formula is C23H24N2O5. The molecule has 3 aromatic rings. The summed E-state index contributed by atoms with van der Waals surface area (Å²) in [6.07, 6.45) is 0.650. The predicted molar refractivity (Wildman–Crippen MR) is 111 cm³/mol. The van der Waals surface area contributed by atoms with E-state index in [1.807, 2.05) is 56.3 Å². The third-order valence-corrected chi connectivity index (χ3v) is 4.81. The largest absolute Gasteiger partial charge is 0.490 e. The van der Waals surface area contributed by atoms with Crippen molar-refractivity contribution < 1.29 is 23.5 Å². The lowest BCUT2D eigenvalue weighted by molar-refractivity contribution is 0.0943. The number of ether oxygens (including phenoxy) is 3. The van der Waals surface area contributed by atoms with Crippen LogP contribution in [0, 0.1) is 0 Å². The molecule has 30 heavy (non-hydrogen) atoms. The fraction of sp³-hybridized carbons (Fsp3) is 0.304. The smallest absolute Gasteiger partial charge is 0.273 e. The minimum Gasteiger partial charge on any atom is -0.490 e. The fourth-order valence-corrected chi connectivity index (χ4v) is 3.42. The van der Waals surface area contributed by atoms with Crippen LogP contribution in [0.1, 0.15) is 35.5 Å². The van der Waals surface area contributed by atoms with Crippen molar-refractivity contribution in [2.75, 3.05) is 19.8 Å². The number of carbonyl (C=O) groups is 1. The first-order valence-corrected chi connectivity index (χ1v) is 10.1. The molecule has 0 spiro atoms. The Morgan fingerprint density at radius 3 is 2.73 bits per heavy atom. The molecule has 4 rings (SSSR count). The highest BCUT2D eigenvalue weighted by atomic mass is 16.5. The lowest BCUT2D eigenvalue weighted by atomic mass is 10.0. The van der Waals surface area contributed by atoms with Gasteiger partial charge in [0.25, 0.3) is 5.91 Å². The topological polar surface area (TPSA) is 82.8 Å². The van der Waals surface area contributed by atoms with Crippen molar-refractivity contribution in [3.63, 3.8) is 0 Å². The molecule has 7 nitrogen and oxygen atoms in total. The third kappa shape index (κ3) is 3.96. The summed E-state index contributed by atoms with van der Waals surface area (Å²) in [6.45, 7) is 5.72. The van der Waals surface area contributed by atoms with E-state index in [4.69, 9.17) is 18.7 Å². The lowest BCUT2D eigenvalue weighted by Crippen LogP contribution is -2.27. The molecule has 0 saturated heterocycles. The number of nitrogens with zero attached hydrogens (tertiary/aromatic N) is 1. The summed E-state index contributed by atoms with van der Waals surface area (Å²) in [5, 5.41) is 6.90. The van der Waals surface area contributed by atoms with Gasteiger partial charge in [0.1, 0.15) is 12.4 Å². The normalized spacial score (nSPS) is 11.8. The Balaban J connectivity index is 1.41. The van der Waals surface area contributed by atoms with Gasteiger partial charge in [0.05, 0.1) is 24.3 Å². The summed E-state index contributed by atoms with van der Waals surface area (Å²) in [7, 11) is 0. The molecule has 156 valence electrons. The molecule has 0 saturated carbocycles. The van der Waals surface area contributed by atoms with Gasteiger partial charge in [-0.3, -0.25) is 4.79 Å².